The Balaban J connectivity index is 2.89. The molecule has 0 spiro atoms. The van der Waals surface area contributed by atoms with Crippen LogP contribution < -0.4 is 4.74 Å². The Labute approximate surface area is 127 Å². The van der Waals surface area contributed by atoms with Crippen molar-refractivity contribution in [3.8, 4) is 11.5 Å². The smallest absolute Gasteiger partial charge is 0.176 e. The number of ether oxygens (including phenoxy) is 1. The third-order valence-corrected chi connectivity index (χ3v) is 3.25. The lowest BCUT2D eigenvalue weighted by Crippen LogP contribution is -2.30. The van der Waals surface area contributed by atoms with Crippen LogP contribution in [-0.2, 0) is 6.54 Å². The highest BCUT2D eigenvalue weighted by atomic mass is 35.5. The molecule has 0 unspecified atom stereocenters. The second-order valence-corrected chi connectivity index (χ2v) is 6.52. The maximum Gasteiger partial charge on any atom is 0.176 e. The summed E-state index contributed by atoms with van der Waals surface area (Å²) in [4.78, 5) is 2.41. The summed E-state index contributed by atoms with van der Waals surface area (Å²) < 4.78 is 5.16. The van der Waals surface area contributed by atoms with Crippen LogP contribution in [0.3, 0.4) is 0 Å². The first kappa shape index (κ1) is 17.1. The van der Waals surface area contributed by atoms with Crippen LogP contribution in [0.1, 0.15) is 33.3 Å². The molecule has 0 bridgehead atoms. The lowest BCUT2D eigenvalue weighted by Gasteiger charge is -2.26. The zero-order valence-electron chi connectivity index (χ0n) is 13.1. The fourth-order valence-electron chi connectivity index (χ4n) is 2.37. The van der Waals surface area contributed by atoms with Crippen molar-refractivity contribution >= 4 is 11.6 Å². The summed E-state index contributed by atoms with van der Waals surface area (Å²) in [5.41, 5.74) is 1.06. The highest BCUT2D eigenvalue weighted by molar-refractivity contribution is 6.32. The summed E-state index contributed by atoms with van der Waals surface area (Å²) in [5, 5.41) is 10.1. The quantitative estimate of drug-likeness (QED) is 0.820. The van der Waals surface area contributed by atoms with E-state index < -0.39 is 0 Å². The first-order chi connectivity index (χ1) is 9.33. The molecule has 1 N–H and O–H groups in total. The number of phenols is 1. The Bertz CT molecular complexity index is 423. The molecular formula is C16H26ClNO2. The number of nitrogens with zero attached hydrogens (tertiary/aromatic N) is 1. The van der Waals surface area contributed by atoms with Crippen molar-refractivity contribution in [3.05, 3.63) is 22.7 Å². The van der Waals surface area contributed by atoms with Gasteiger partial charge in [0.05, 0.1) is 12.1 Å². The number of halogens is 1. The van der Waals surface area contributed by atoms with Gasteiger partial charge in [0.2, 0.25) is 0 Å². The molecule has 0 saturated heterocycles. The van der Waals surface area contributed by atoms with Crippen molar-refractivity contribution < 1.29 is 9.84 Å². The van der Waals surface area contributed by atoms with E-state index in [2.05, 4.69) is 32.6 Å². The molecule has 0 fully saturated rings. The van der Waals surface area contributed by atoms with Crippen LogP contribution in [0.2, 0.25) is 5.02 Å². The van der Waals surface area contributed by atoms with Gasteiger partial charge in [-0.1, -0.05) is 39.3 Å². The van der Waals surface area contributed by atoms with E-state index in [1.165, 1.54) is 7.11 Å². The predicted molar refractivity (Wildman–Crippen MR) is 84.6 cm³/mol. The summed E-state index contributed by atoms with van der Waals surface area (Å²) in [5.74, 6) is 1.67. The molecular weight excluding hydrogens is 274 g/mol. The Hall–Kier alpha value is -0.930. The minimum absolute atomic E-state index is 0.0113. The maximum atomic E-state index is 9.78. The highest BCUT2D eigenvalue weighted by Gasteiger charge is 2.14. The largest absolute Gasteiger partial charge is 0.503 e. The highest BCUT2D eigenvalue weighted by Crippen LogP contribution is 2.35. The molecule has 1 aromatic rings. The zero-order chi connectivity index (χ0) is 15.3. The molecule has 0 atom stereocenters. The van der Waals surface area contributed by atoms with Crippen LogP contribution in [0, 0.1) is 11.8 Å². The second kappa shape index (κ2) is 7.75. The van der Waals surface area contributed by atoms with Gasteiger partial charge < -0.3 is 9.84 Å². The molecule has 0 aliphatic heterocycles. The number of hydrogen-bond donors (Lipinski definition) is 1. The molecule has 0 aliphatic carbocycles. The summed E-state index contributed by atoms with van der Waals surface area (Å²) in [6, 6.07) is 3.67. The second-order valence-electron chi connectivity index (χ2n) is 6.11. The summed E-state index contributed by atoms with van der Waals surface area (Å²) >= 11 is 6.04. The van der Waals surface area contributed by atoms with E-state index >= 15 is 0 Å². The number of aromatic hydroxyl groups is 1. The van der Waals surface area contributed by atoms with E-state index in [4.69, 9.17) is 16.3 Å². The summed E-state index contributed by atoms with van der Waals surface area (Å²) in [6.07, 6.45) is 0. The lowest BCUT2D eigenvalue weighted by molar-refractivity contribution is 0.211. The van der Waals surface area contributed by atoms with Gasteiger partial charge in [0.1, 0.15) is 0 Å². The van der Waals surface area contributed by atoms with Crippen molar-refractivity contribution in [3.63, 3.8) is 0 Å². The number of phenolic OH excluding ortho intramolecular Hbond substituents is 1. The number of hydrogen-bond acceptors (Lipinski definition) is 3. The average Bonchev–Trinajstić information content (AvgIpc) is 2.31. The van der Waals surface area contributed by atoms with Gasteiger partial charge >= 0.3 is 0 Å². The van der Waals surface area contributed by atoms with Crippen LogP contribution in [0.15, 0.2) is 12.1 Å². The van der Waals surface area contributed by atoms with Gasteiger partial charge in [-0.15, -0.1) is 0 Å². The van der Waals surface area contributed by atoms with Crippen LogP contribution in [0.25, 0.3) is 0 Å². The molecule has 0 amide bonds. The van der Waals surface area contributed by atoms with Gasteiger partial charge in [-0.25, -0.2) is 0 Å². The van der Waals surface area contributed by atoms with Gasteiger partial charge in [0.15, 0.2) is 11.5 Å². The third kappa shape index (κ3) is 5.22. The number of benzene rings is 1. The Kier molecular flexibility index (Phi) is 6.63. The molecule has 114 valence electrons. The number of rotatable bonds is 7. The summed E-state index contributed by atoms with van der Waals surface area (Å²) in [7, 11) is 1.54. The minimum atomic E-state index is 0.0113. The molecule has 0 aromatic heterocycles. The molecule has 20 heavy (non-hydrogen) atoms. The standard InChI is InChI=1S/C16H26ClNO2/c1-11(2)8-18(9-12(3)4)10-13-6-14(17)16(19)15(7-13)20-5/h6-7,11-12,19H,8-10H2,1-5H3. The SMILES string of the molecule is COc1cc(CN(CC(C)C)CC(C)C)cc(Cl)c1O. The van der Waals surface area contributed by atoms with Crippen molar-refractivity contribution in [2.75, 3.05) is 20.2 Å². The van der Waals surface area contributed by atoms with Gasteiger partial charge in [0, 0.05) is 19.6 Å². The van der Waals surface area contributed by atoms with Crippen molar-refractivity contribution in [1.29, 1.82) is 0 Å². The lowest BCUT2D eigenvalue weighted by atomic mass is 10.1. The van der Waals surface area contributed by atoms with Crippen molar-refractivity contribution in [2.45, 2.75) is 34.2 Å². The van der Waals surface area contributed by atoms with Crippen LogP contribution in [-0.4, -0.2) is 30.2 Å². The van der Waals surface area contributed by atoms with Crippen molar-refractivity contribution in [1.82, 2.24) is 4.90 Å². The Morgan fingerprint density at radius 3 is 2.15 bits per heavy atom. The van der Waals surface area contributed by atoms with Crippen LogP contribution in [0.4, 0.5) is 0 Å². The molecule has 4 heteroatoms. The monoisotopic (exact) mass is 299 g/mol. The van der Waals surface area contributed by atoms with E-state index in [1.807, 2.05) is 12.1 Å². The van der Waals surface area contributed by atoms with E-state index in [0.717, 1.165) is 25.2 Å². The first-order valence-electron chi connectivity index (χ1n) is 7.11. The molecule has 0 saturated carbocycles. The van der Waals surface area contributed by atoms with Gasteiger partial charge in [0.25, 0.3) is 0 Å². The normalized spacial score (nSPS) is 11.7. The van der Waals surface area contributed by atoms with E-state index in [-0.39, 0.29) is 5.75 Å². The average molecular weight is 300 g/mol. The number of methoxy groups -OCH3 is 1. The zero-order valence-corrected chi connectivity index (χ0v) is 13.9. The topological polar surface area (TPSA) is 32.7 Å². The molecule has 1 aromatic carbocycles. The van der Waals surface area contributed by atoms with Crippen molar-refractivity contribution in [2.24, 2.45) is 11.8 Å². The van der Waals surface area contributed by atoms with Crippen LogP contribution in [0.5, 0.6) is 11.5 Å². The molecule has 1 rings (SSSR count). The van der Waals surface area contributed by atoms with Gasteiger partial charge in [-0.2, -0.15) is 0 Å². The van der Waals surface area contributed by atoms with E-state index in [0.29, 0.717) is 22.6 Å². The Morgan fingerprint density at radius 2 is 1.70 bits per heavy atom. The maximum absolute atomic E-state index is 9.78. The van der Waals surface area contributed by atoms with Gasteiger partial charge in [-0.3, -0.25) is 4.90 Å². The minimum Gasteiger partial charge on any atom is -0.503 e. The van der Waals surface area contributed by atoms with Gasteiger partial charge in [-0.05, 0) is 29.5 Å². The summed E-state index contributed by atoms with van der Waals surface area (Å²) in [6.45, 7) is 11.8. The molecule has 0 aliphatic rings. The molecule has 0 radical (unpaired) electrons. The predicted octanol–water partition coefficient (Wildman–Crippen LogP) is 4.17. The fourth-order valence-corrected chi connectivity index (χ4v) is 2.60. The van der Waals surface area contributed by atoms with Crippen LogP contribution >= 0.6 is 11.6 Å². The van der Waals surface area contributed by atoms with E-state index in [1.54, 1.807) is 0 Å². The third-order valence-electron chi connectivity index (χ3n) is 2.96. The Morgan fingerprint density at radius 1 is 1.15 bits per heavy atom. The molecule has 0 heterocycles. The van der Waals surface area contributed by atoms with E-state index in [9.17, 15) is 5.11 Å². The fraction of sp³-hybridized carbons (Fsp3) is 0.625. The first-order valence-corrected chi connectivity index (χ1v) is 7.49. The molecule has 3 nitrogen and oxygen atoms in total.